The standard InChI is InChI=1S/C13H20N2O/c1-10(2)9-15-13(16)8-5-11-3-6-12(14)7-4-11/h3-4,6-7,10H,5,8-9,14H2,1-2H3,(H,15,16). The van der Waals surface area contributed by atoms with Crippen LogP contribution in [0.5, 0.6) is 0 Å². The van der Waals surface area contributed by atoms with E-state index in [0.29, 0.717) is 12.3 Å². The molecule has 0 saturated heterocycles. The number of aryl methyl sites for hydroxylation is 1. The molecule has 16 heavy (non-hydrogen) atoms. The summed E-state index contributed by atoms with van der Waals surface area (Å²) in [5, 5.41) is 2.90. The minimum atomic E-state index is 0.116. The number of amides is 1. The topological polar surface area (TPSA) is 55.1 Å². The van der Waals surface area contributed by atoms with Gasteiger partial charge in [-0.25, -0.2) is 0 Å². The highest BCUT2D eigenvalue weighted by Gasteiger charge is 2.02. The van der Waals surface area contributed by atoms with Crippen molar-refractivity contribution in [3.05, 3.63) is 29.8 Å². The Kier molecular flexibility index (Phi) is 4.83. The first-order valence-corrected chi connectivity index (χ1v) is 5.69. The summed E-state index contributed by atoms with van der Waals surface area (Å²) < 4.78 is 0. The Hall–Kier alpha value is -1.51. The van der Waals surface area contributed by atoms with Gasteiger partial charge in [0.25, 0.3) is 0 Å². The summed E-state index contributed by atoms with van der Waals surface area (Å²) >= 11 is 0. The molecule has 0 radical (unpaired) electrons. The summed E-state index contributed by atoms with van der Waals surface area (Å²) in [4.78, 5) is 11.5. The Bertz CT molecular complexity index is 330. The Morgan fingerprint density at radius 1 is 1.31 bits per heavy atom. The summed E-state index contributed by atoms with van der Waals surface area (Å²) in [6.07, 6.45) is 1.31. The third kappa shape index (κ3) is 4.82. The van der Waals surface area contributed by atoms with Gasteiger partial charge in [-0.1, -0.05) is 26.0 Å². The van der Waals surface area contributed by atoms with Gasteiger partial charge in [0, 0.05) is 18.7 Å². The van der Waals surface area contributed by atoms with Crippen LogP contribution in [0.3, 0.4) is 0 Å². The second kappa shape index (κ2) is 6.16. The number of rotatable bonds is 5. The second-order valence-electron chi connectivity index (χ2n) is 4.44. The lowest BCUT2D eigenvalue weighted by molar-refractivity contribution is -0.121. The van der Waals surface area contributed by atoms with Crippen LogP contribution in [0.4, 0.5) is 5.69 Å². The highest BCUT2D eigenvalue weighted by Crippen LogP contribution is 2.07. The Balaban J connectivity index is 2.29. The van der Waals surface area contributed by atoms with Crippen LogP contribution in [0.25, 0.3) is 0 Å². The summed E-state index contributed by atoms with van der Waals surface area (Å²) in [6, 6.07) is 7.65. The predicted molar refractivity (Wildman–Crippen MR) is 67.0 cm³/mol. The summed E-state index contributed by atoms with van der Waals surface area (Å²) in [5.74, 6) is 0.617. The lowest BCUT2D eigenvalue weighted by Gasteiger charge is -2.07. The molecule has 1 amide bonds. The fourth-order valence-electron chi connectivity index (χ4n) is 1.35. The lowest BCUT2D eigenvalue weighted by atomic mass is 10.1. The Morgan fingerprint density at radius 3 is 2.50 bits per heavy atom. The number of nitrogen functional groups attached to an aromatic ring is 1. The number of nitrogens with two attached hydrogens (primary N) is 1. The van der Waals surface area contributed by atoms with Gasteiger partial charge in [-0.2, -0.15) is 0 Å². The van der Waals surface area contributed by atoms with Crippen molar-refractivity contribution in [1.82, 2.24) is 5.32 Å². The van der Waals surface area contributed by atoms with Gasteiger partial charge in [0.1, 0.15) is 0 Å². The maximum absolute atomic E-state index is 11.5. The average molecular weight is 220 g/mol. The van der Waals surface area contributed by atoms with E-state index in [2.05, 4.69) is 19.2 Å². The summed E-state index contributed by atoms with van der Waals surface area (Å²) in [5.41, 5.74) is 7.49. The predicted octanol–water partition coefficient (Wildman–Crippen LogP) is 1.97. The molecule has 3 nitrogen and oxygen atoms in total. The van der Waals surface area contributed by atoms with Crippen molar-refractivity contribution < 1.29 is 4.79 Å². The van der Waals surface area contributed by atoms with Crippen molar-refractivity contribution in [2.24, 2.45) is 5.92 Å². The van der Waals surface area contributed by atoms with Gasteiger partial charge in [-0.05, 0) is 30.0 Å². The number of carbonyl (C=O) groups excluding carboxylic acids is 1. The molecule has 1 rings (SSSR count). The SMILES string of the molecule is CC(C)CNC(=O)CCc1ccc(N)cc1. The highest BCUT2D eigenvalue weighted by atomic mass is 16.1. The first kappa shape index (κ1) is 12.6. The molecule has 1 aromatic carbocycles. The number of carbonyl (C=O) groups is 1. The first-order chi connectivity index (χ1) is 7.58. The van der Waals surface area contributed by atoms with Crippen LogP contribution in [-0.4, -0.2) is 12.5 Å². The van der Waals surface area contributed by atoms with Gasteiger partial charge in [0.05, 0.1) is 0 Å². The third-order valence-corrected chi connectivity index (χ3v) is 2.33. The smallest absolute Gasteiger partial charge is 0.220 e. The molecule has 0 aliphatic carbocycles. The largest absolute Gasteiger partial charge is 0.399 e. The van der Waals surface area contributed by atoms with Crippen LogP contribution in [0.2, 0.25) is 0 Å². The molecule has 3 N–H and O–H groups in total. The van der Waals surface area contributed by atoms with E-state index in [1.54, 1.807) is 0 Å². The molecule has 0 aromatic heterocycles. The van der Waals surface area contributed by atoms with Gasteiger partial charge in [-0.3, -0.25) is 4.79 Å². The van der Waals surface area contributed by atoms with E-state index in [0.717, 1.165) is 24.2 Å². The second-order valence-corrected chi connectivity index (χ2v) is 4.44. The summed E-state index contributed by atoms with van der Waals surface area (Å²) in [6.45, 7) is 4.92. The molecule has 1 aromatic rings. The Labute approximate surface area is 97.0 Å². The minimum absolute atomic E-state index is 0.116. The monoisotopic (exact) mass is 220 g/mol. The van der Waals surface area contributed by atoms with Crippen molar-refractivity contribution in [1.29, 1.82) is 0 Å². The van der Waals surface area contributed by atoms with E-state index in [1.165, 1.54) is 0 Å². The zero-order valence-corrected chi connectivity index (χ0v) is 9.99. The maximum Gasteiger partial charge on any atom is 0.220 e. The molecule has 0 bridgehead atoms. The number of anilines is 1. The van der Waals surface area contributed by atoms with Crippen molar-refractivity contribution in [3.8, 4) is 0 Å². The molecule has 88 valence electrons. The molecule has 0 aliphatic rings. The first-order valence-electron chi connectivity index (χ1n) is 5.69. The lowest BCUT2D eigenvalue weighted by Crippen LogP contribution is -2.27. The number of hydrogen-bond acceptors (Lipinski definition) is 2. The van der Waals surface area contributed by atoms with Crippen LogP contribution in [0.15, 0.2) is 24.3 Å². The van der Waals surface area contributed by atoms with Crippen molar-refractivity contribution in [3.63, 3.8) is 0 Å². The van der Waals surface area contributed by atoms with Gasteiger partial charge < -0.3 is 11.1 Å². The van der Waals surface area contributed by atoms with Gasteiger partial charge in [0.2, 0.25) is 5.91 Å². The fraction of sp³-hybridized carbons (Fsp3) is 0.462. The van der Waals surface area contributed by atoms with E-state index in [-0.39, 0.29) is 5.91 Å². The van der Waals surface area contributed by atoms with Crippen LogP contribution in [-0.2, 0) is 11.2 Å². The van der Waals surface area contributed by atoms with Crippen molar-refractivity contribution in [2.45, 2.75) is 26.7 Å². The van der Waals surface area contributed by atoms with E-state index in [9.17, 15) is 4.79 Å². The summed E-state index contributed by atoms with van der Waals surface area (Å²) in [7, 11) is 0. The zero-order chi connectivity index (χ0) is 12.0. The maximum atomic E-state index is 11.5. The Morgan fingerprint density at radius 2 is 1.94 bits per heavy atom. The average Bonchev–Trinajstić information content (AvgIpc) is 2.25. The molecule has 0 unspecified atom stereocenters. The van der Waals surface area contributed by atoms with E-state index in [4.69, 9.17) is 5.73 Å². The molecule has 0 saturated carbocycles. The van der Waals surface area contributed by atoms with E-state index >= 15 is 0 Å². The molecule has 0 fully saturated rings. The van der Waals surface area contributed by atoms with Crippen molar-refractivity contribution in [2.75, 3.05) is 12.3 Å². The molecular formula is C13H20N2O. The number of hydrogen-bond donors (Lipinski definition) is 2. The van der Waals surface area contributed by atoms with Crippen LogP contribution in [0, 0.1) is 5.92 Å². The van der Waals surface area contributed by atoms with Gasteiger partial charge in [-0.15, -0.1) is 0 Å². The third-order valence-electron chi connectivity index (χ3n) is 2.33. The fourth-order valence-corrected chi connectivity index (χ4v) is 1.35. The van der Waals surface area contributed by atoms with Gasteiger partial charge in [0.15, 0.2) is 0 Å². The van der Waals surface area contributed by atoms with E-state index in [1.807, 2.05) is 24.3 Å². The quantitative estimate of drug-likeness (QED) is 0.745. The molecule has 3 heteroatoms. The molecule has 0 heterocycles. The molecule has 0 atom stereocenters. The molecule has 0 spiro atoms. The highest BCUT2D eigenvalue weighted by molar-refractivity contribution is 5.76. The minimum Gasteiger partial charge on any atom is -0.399 e. The van der Waals surface area contributed by atoms with Crippen LogP contribution < -0.4 is 11.1 Å². The van der Waals surface area contributed by atoms with Crippen LogP contribution >= 0.6 is 0 Å². The molecular weight excluding hydrogens is 200 g/mol. The van der Waals surface area contributed by atoms with E-state index < -0.39 is 0 Å². The normalized spacial score (nSPS) is 10.4. The molecule has 0 aliphatic heterocycles. The van der Waals surface area contributed by atoms with Crippen molar-refractivity contribution >= 4 is 11.6 Å². The number of nitrogens with one attached hydrogen (secondary N) is 1. The van der Waals surface area contributed by atoms with Gasteiger partial charge >= 0.3 is 0 Å². The van der Waals surface area contributed by atoms with Crippen LogP contribution in [0.1, 0.15) is 25.8 Å². The zero-order valence-electron chi connectivity index (χ0n) is 9.99. The number of benzene rings is 1.